The van der Waals surface area contributed by atoms with Crippen LogP contribution in [-0.2, 0) is 6.54 Å². The van der Waals surface area contributed by atoms with Gasteiger partial charge < -0.3 is 10.2 Å². The number of amides is 2. The highest BCUT2D eigenvalue weighted by Crippen LogP contribution is 2.07. The first-order valence-corrected chi connectivity index (χ1v) is 5.17. The van der Waals surface area contributed by atoms with Crippen molar-refractivity contribution in [1.29, 1.82) is 0 Å². The highest BCUT2D eigenvalue weighted by molar-refractivity contribution is 5.74. The second-order valence-corrected chi connectivity index (χ2v) is 3.76. The molecule has 3 heteroatoms. The van der Waals surface area contributed by atoms with Crippen molar-refractivity contribution in [3.8, 4) is 0 Å². The first kappa shape index (κ1) is 11.6. The minimum Gasteiger partial charge on any atom is -0.341 e. The first-order chi connectivity index (χ1) is 7.15. The molecular formula is C12H18N2O. The van der Waals surface area contributed by atoms with Gasteiger partial charge in [0.15, 0.2) is 0 Å². The summed E-state index contributed by atoms with van der Waals surface area (Å²) < 4.78 is 0. The van der Waals surface area contributed by atoms with E-state index in [1.165, 1.54) is 0 Å². The van der Waals surface area contributed by atoms with Crippen LogP contribution in [0.3, 0.4) is 0 Å². The molecule has 0 aromatic heterocycles. The van der Waals surface area contributed by atoms with Gasteiger partial charge in [0.05, 0.1) is 0 Å². The lowest BCUT2D eigenvalue weighted by molar-refractivity contribution is 0.182. The minimum absolute atomic E-state index is 0.0335. The van der Waals surface area contributed by atoms with E-state index in [2.05, 4.69) is 5.32 Å². The molecule has 0 heterocycles. The molecule has 1 rings (SSSR count). The molecule has 0 atom stereocenters. The molecule has 0 spiro atoms. The van der Waals surface area contributed by atoms with Crippen LogP contribution >= 0.6 is 0 Å². The Balaban J connectivity index is 2.72. The number of rotatable bonds is 3. The number of nitrogens with one attached hydrogen (secondary N) is 1. The molecule has 82 valence electrons. The van der Waals surface area contributed by atoms with Crippen molar-refractivity contribution < 1.29 is 4.79 Å². The van der Waals surface area contributed by atoms with Gasteiger partial charge in [-0.05, 0) is 19.4 Å². The average Bonchev–Trinajstić information content (AvgIpc) is 2.26. The molecule has 2 amide bonds. The van der Waals surface area contributed by atoms with Crippen molar-refractivity contribution >= 4 is 6.03 Å². The average molecular weight is 206 g/mol. The van der Waals surface area contributed by atoms with Crippen molar-refractivity contribution in [2.75, 3.05) is 7.05 Å². The predicted octanol–water partition coefficient (Wildman–Crippen LogP) is 2.24. The van der Waals surface area contributed by atoms with Crippen molar-refractivity contribution in [2.45, 2.75) is 26.4 Å². The lowest BCUT2D eigenvalue weighted by Crippen LogP contribution is -2.41. The lowest BCUT2D eigenvalue weighted by atomic mass is 10.2. The number of hydrogen-bond acceptors (Lipinski definition) is 1. The molecule has 0 fully saturated rings. The van der Waals surface area contributed by atoms with Crippen LogP contribution in [0, 0.1) is 0 Å². The third kappa shape index (κ3) is 3.27. The maximum Gasteiger partial charge on any atom is 0.317 e. The number of carbonyl (C=O) groups excluding carboxylic acids is 1. The second-order valence-electron chi connectivity index (χ2n) is 3.76. The van der Waals surface area contributed by atoms with E-state index < -0.39 is 0 Å². The van der Waals surface area contributed by atoms with Crippen molar-refractivity contribution in [3.05, 3.63) is 35.9 Å². The summed E-state index contributed by atoms with van der Waals surface area (Å²) in [5.74, 6) is 0. The fraction of sp³-hybridized carbons (Fsp3) is 0.417. The Bertz CT molecular complexity index is 309. The Morgan fingerprint density at radius 3 is 2.40 bits per heavy atom. The molecule has 0 radical (unpaired) electrons. The van der Waals surface area contributed by atoms with E-state index in [0.29, 0.717) is 6.54 Å². The van der Waals surface area contributed by atoms with E-state index in [1.807, 2.05) is 44.2 Å². The summed E-state index contributed by atoms with van der Waals surface area (Å²) in [6.07, 6.45) is 0. The monoisotopic (exact) mass is 206 g/mol. The second kappa shape index (κ2) is 5.39. The Morgan fingerprint density at radius 2 is 1.93 bits per heavy atom. The van der Waals surface area contributed by atoms with Crippen LogP contribution in [0.4, 0.5) is 4.79 Å². The molecule has 1 aromatic carbocycles. The molecule has 0 aliphatic heterocycles. The van der Waals surface area contributed by atoms with Gasteiger partial charge in [0, 0.05) is 19.6 Å². The summed E-state index contributed by atoms with van der Waals surface area (Å²) in [6, 6.07) is 10.2. The molecule has 0 bridgehead atoms. The molecular weight excluding hydrogens is 188 g/mol. The molecule has 0 saturated carbocycles. The number of carbonyl (C=O) groups is 1. The Kier molecular flexibility index (Phi) is 4.16. The van der Waals surface area contributed by atoms with Gasteiger partial charge in [-0.25, -0.2) is 4.79 Å². The molecule has 0 aliphatic rings. The fourth-order valence-corrected chi connectivity index (χ4v) is 1.41. The van der Waals surface area contributed by atoms with Crippen LogP contribution in [-0.4, -0.2) is 24.0 Å². The topological polar surface area (TPSA) is 32.3 Å². The molecule has 15 heavy (non-hydrogen) atoms. The molecule has 3 nitrogen and oxygen atoms in total. The molecule has 1 aromatic rings. The Morgan fingerprint density at radius 1 is 1.33 bits per heavy atom. The zero-order valence-electron chi connectivity index (χ0n) is 9.53. The highest BCUT2D eigenvalue weighted by Gasteiger charge is 2.15. The summed E-state index contributed by atoms with van der Waals surface area (Å²) in [6.45, 7) is 4.68. The normalized spacial score (nSPS) is 10.1. The van der Waals surface area contributed by atoms with E-state index in [-0.39, 0.29) is 12.1 Å². The van der Waals surface area contributed by atoms with E-state index >= 15 is 0 Å². The van der Waals surface area contributed by atoms with E-state index in [4.69, 9.17) is 0 Å². The van der Waals surface area contributed by atoms with Gasteiger partial charge in [0.2, 0.25) is 0 Å². The largest absolute Gasteiger partial charge is 0.341 e. The van der Waals surface area contributed by atoms with Gasteiger partial charge in [0.25, 0.3) is 0 Å². The summed E-state index contributed by atoms with van der Waals surface area (Å²) in [4.78, 5) is 13.4. The third-order valence-electron chi connectivity index (χ3n) is 2.29. The van der Waals surface area contributed by atoms with E-state index in [1.54, 1.807) is 11.9 Å². The molecule has 0 saturated heterocycles. The zero-order valence-corrected chi connectivity index (χ0v) is 9.53. The smallest absolute Gasteiger partial charge is 0.317 e. The van der Waals surface area contributed by atoms with Crippen LogP contribution in [0.5, 0.6) is 0 Å². The van der Waals surface area contributed by atoms with Gasteiger partial charge >= 0.3 is 6.03 Å². The summed E-state index contributed by atoms with van der Waals surface area (Å²) in [7, 11) is 1.66. The van der Waals surface area contributed by atoms with E-state index in [9.17, 15) is 4.79 Å². The van der Waals surface area contributed by atoms with Gasteiger partial charge in [-0.2, -0.15) is 0 Å². The number of urea groups is 1. The summed E-state index contributed by atoms with van der Waals surface area (Å²) in [5, 5.41) is 2.65. The third-order valence-corrected chi connectivity index (χ3v) is 2.29. The van der Waals surface area contributed by atoms with Crippen LogP contribution in [0.15, 0.2) is 30.3 Å². The number of benzene rings is 1. The number of nitrogens with zero attached hydrogens (tertiary/aromatic N) is 1. The van der Waals surface area contributed by atoms with Crippen LogP contribution in [0.1, 0.15) is 19.4 Å². The maximum atomic E-state index is 11.6. The standard InChI is InChI=1S/C12H18N2O/c1-10(2)14(12(15)13-3)9-11-7-5-4-6-8-11/h4-8,10H,9H2,1-3H3,(H,13,15). The summed E-state index contributed by atoms with van der Waals surface area (Å²) in [5.41, 5.74) is 1.15. The van der Waals surface area contributed by atoms with Gasteiger partial charge in [-0.1, -0.05) is 30.3 Å². The predicted molar refractivity (Wildman–Crippen MR) is 61.6 cm³/mol. The Labute approximate surface area is 91.1 Å². The SMILES string of the molecule is CNC(=O)N(Cc1ccccc1)C(C)C. The van der Waals surface area contributed by atoms with Crippen molar-refractivity contribution in [3.63, 3.8) is 0 Å². The van der Waals surface area contributed by atoms with Crippen LogP contribution in [0.2, 0.25) is 0 Å². The van der Waals surface area contributed by atoms with Crippen LogP contribution in [0.25, 0.3) is 0 Å². The van der Waals surface area contributed by atoms with Crippen molar-refractivity contribution in [2.24, 2.45) is 0 Å². The van der Waals surface area contributed by atoms with E-state index in [0.717, 1.165) is 5.56 Å². The minimum atomic E-state index is -0.0335. The van der Waals surface area contributed by atoms with Gasteiger partial charge in [-0.15, -0.1) is 0 Å². The van der Waals surface area contributed by atoms with Gasteiger partial charge in [-0.3, -0.25) is 0 Å². The molecule has 0 unspecified atom stereocenters. The number of hydrogen-bond donors (Lipinski definition) is 1. The molecule has 0 aliphatic carbocycles. The summed E-state index contributed by atoms with van der Waals surface area (Å²) >= 11 is 0. The zero-order chi connectivity index (χ0) is 11.3. The maximum absolute atomic E-state index is 11.6. The Hall–Kier alpha value is -1.51. The quantitative estimate of drug-likeness (QED) is 0.808. The fourth-order valence-electron chi connectivity index (χ4n) is 1.41. The first-order valence-electron chi connectivity index (χ1n) is 5.17. The lowest BCUT2D eigenvalue weighted by Gasteiger charge is -2.26. The van der Waals surface area contributed by atoms with Gasteiger partial charge in [0.1, 0.15) is 0 Å². The molecule has 1 N–H and O–H groups in total. The van der Waals surface area contributed by atoms with Crippen LogP contribution < -0.4 is 5.32 Å². The highest BCUT2D eigenvalue weighted by atomic mass is 16.2. The van der Waals surface area contributed by atoms with Crippen molar-refractivity contribution in [1.82, 2.24) is 10.2 Å².